The largest absolute Gasteiger partial charge is 0.338 e. The highest BCUT2D eigenvalue weighted by Gasteiger charge is 2.11. The molecule has 0 aliphatic carbocycles. The number of halogens is 1. The van der Waals surface area contributed by atoms with Crippen LogP contribution in [-0.4, -0.2) is 35.5 Å². The van der Waals surface area contributed by atoms with Gasteiger partial charge in [0, 0.05) is 23.2 Å². The molecule has 3 aromatic heterocycles. The molecular formula is C19H15FN6OS. The van der Waals surface area contributed by atoms with Crippen LogP contribution in [0.3, 0.4) is 0 Å². The van der Waals surface area contributed by atoms with Gasteiger partial charge in [-0.2, -0.15) is 0 Å². The molecule has 0 aliphatic rings. The Morgan fingerprint density at radius 1 is 1.07 bits per heavy atom. The number of aryl methyl sites for hydroxylation is 1. The number of aromatic amines is 2. The van der Waals surface area contributed by atoms with Gasteiger partial charge in [-0.05, 0) is 36.8 Å². The molecule has 3 heterocycles. The summed E-state index contributed by atoms with van der Waals surface area (Å²) in [5, 5.41) is 9.57. The van der Waals surface area contributed by atoms with E-state index in [0.29, 0.717) is 28.3 Å². The average Bonchev–Trinajstić information content (AvgIpc) is 3.21. The Morgan fingerprint density at radius 2 is 1.96 bits per heavy atom. The topological polar surface area (TPSA) is 92.2 Å². The molecule has 140 valence electrons. The van der Waals surface area contributed by atoms with Gasteiger partial charge in [0.2, 0.25) is 5.16 Å². The van der Waals surface area contributed by atoms with E-state index in [9.17, 15) is 9.18 Å². The molecule has 0 aliphatic heterocycles. The number of hydrogen-bond donors (Lipinski definition) is 2. The van der Waals surface area contributed by atoms with Crippen LogP contribution < -0.4 is 5.69 Å². The molecule has 5 rings (SSSR count). The lowest BCUT2D eigenvalue weighted by atomic mass is 10.2. The normalized spacial score (nSPS) is 11.8. The van der Waals surface area contributed by atoms with Crippen molar-refractivity contribution < 1.29 is 4.39 Å². The van der Waals surface area contributed by atoms with Crippen molar-refractivity contribution >= 4 is 44.9 Å². The molecule has 5 aromatic rings. The van der Waals surface area contributed by atoms with E-state index >= 15 is 0 Å². The number of nitrogens with zero attached hydrogens (tertiary/aromatic N) is 4. The fourth-order valence-electron chi connectivity index (χ4n) is 3.30. The number of nitrogens with one attached hydrogen (secondary N) is 2. The Bertz CT molecular complexity index is 1370. The van der Waals surface area contributed by atoms with Gasteiger partial charge in [0.05, 0.1) is 11.0 Å². The lowest BCUT2D eigenvalue weighted by molar-refractivity contribution is 0.630. The molecule has 0 radical (unpaired) electrons. The van der Waals surface area contributed by atoms with Crippen molar-refractivity contribution in [2.24, 2.45) is 0 Å². The number of aromatic nitrogens is 6. The zero-order valence-corrected chi connectivity index (χ0v) is 15.5. The molecule has 9 heteroatoms. The van der Waals surface area contributed by atoms with Gasteiger partial charge >= 0.3 is 5.69 Å². The fourth-order valence-corrected chi connectivity index (χ4v) is 4.02. The summed E-state index contributed by atoms with van der Waals surface area (Å²) in [4.78, 5) is 22.6. The summed E-state index contributed by atoms with van der Waals surface area (Å²) < 4.78 is 15.2. The van der Waals surface area contributed by atoms with Crippen LogP contribution in [0.5, 0.6) is 0 Å². The molecule has 2 aromatic carbocycles. The zero-order chi connectivity index (χ0) is 19.1. The lowest BCUT2D eigenvalue weighted by Gasteiger charge is -2.03. The van der Waals surface area contributed by atoms with E-state index in [0.717, 1.165) is 28.7 Å². The Labute approximate surface area is 162 Å². The van der Waals surface area contributed by atoms with Gasteiger partial charge in [0.15, 0.2) is 5.65 Å². The van der Waals surface area contributed by atoms with Crippen LogP contribution in [0.1, 0.15) is 6.42 Å². The first kappa shape index (κ1) is 16.9. The van der Waals surface area contributed by atoms with E-state index in [-0.39, 0.29) is 11.5 Å². The Morgan fingerprint density at radius 3 is 2.89 bits per heavy atom. The van der Waals surface area contributed by atoms with Gasteiger partial charge in [-0.3, -0.25) is 4.57 Å². The molecule has 0 amide bonds. The highest BCUT2D eigenvalue weighted by molar-refractivity contribution is 7.99. The van der Waals surface area contributed by atoms with Crippen molar-refractivity contribution in [3.63, 3.8) is 0 Å². The van der Waals surface area contributed by atoms with Crippen molar-refractivity contribution in [1.29, 1.82) is 0 Å². The Balaban J connectivity index is 1.30. The second-order valence-electron chi connectivity index (χ2n) is 6.41. The summed E-state index contributed by atoms with van der Waals surface area (Å²) in [6.07, 6.45) is 0.783. The maximum atomic E-state index is 13.5. The van der Waals surface area contributed by atoms with E-state index in [4.69, 9.17) is 0 Å². The lowest BCUT2D eigenvalue weighted by Crippen LogP contribution is -2.17. The number of H-pyrrole nitrogens is 2. The molecule has 0 atom stereocenters. The SMILES string of the molecule is O=c1[nH]c2ccccc2n1CCCSc1nnc2c(n1)[nH]c1ccc(F)cc12. The van der Waals surface area contributed by atoms with E-state index in [1.54, 1.807) is 10.6 Å². The zero-order valence-electron chi connectivity index (χ0n) is 14.6. The summed E-state index contributed by atoms with van der Waals surface area (Å²) in [6, 6.07) is 12.1. The first-order valence-corrected chi connectivity index (χ1v) is 9.79. The van der Waals surface area contributed by atoms with E-state index in [1.165, 1.54) is 23.9 Å². The van der Waals surface area contributed by atoms with Crippen LogP contribution in [0.4, 0.5) is 4.39 Å². The standard InChI is InChI=1S/C19H15FN6OS/c20-11-6-7-13-12(10-11)16-17(21-13)23-18(25-24-16)28-9-3-8-26-15-5-2-1-4-14(15)22-19(26)27/h1-2,4-7,10H,3,8-9H2,(H,22,27)(H,21,23,25). The Hall–Kier alpha value is -3.20. The van der Waals surface area contributed by atoms with Crippen LogP contribution >= 0.6 is 11.8 Å². The van der Waals surface area contributed by atoms with E-state index in [2.05, 4.69) is 25.1 Å². The van der Waals surface area contributed by atoms with Crippen molar-refractivity contribution in [3.05, 3.63) is 58.8 Å². The van der Waals surface area contributed by atoms with Gasteiger partial charge in [0.1, 0.15) is 11.3 Å². The van der Waals surface area contributed by atoms with E-state index < -0.39 is 0 Å². The maximum absolute atomic E-state index is 13.5. The van der Waals surface area contributed by atoms with Crippen LogP contribution in [0.15, 0.2) is 52.4 Å². The molecular weight excluding hydrogens is 379 g/mol. The molecule has 2 N–H and O–H groups in total. The highest BCUT2D eigenvalue weighted by atomic mass is 32.2. The molecule has 0 bridgehead atoms. The number of benzene rings is 2. The van der Waals surface area contributed by atoms with Crippen molar-refractivity contribution in [2.45, 2.75) is 18.1 Å². The third kappa shape index (κ3) is 2.93. The van der Waals surface area contributed by atoms with Gasteiger partial charge in [-0.25, -0.2) is 14.2 Å². The first-order chi connectivity index (χ1) is 13.7. The smallest absolute Gasteiger partial charge is 0.326 e. The van der Waals surface area contributed by atoms with Crippen LogP contribution in [0.2, 0.25) is 0 Å². The summed E-state index contributed by atoms with van der Waals surface area (Å²) >= 11 is 1.48. The third-order valence-corrected chi connectivity index (χ3v) is 5.52. The number of thioether (sulfide) groups is 1. The second-order valence-corrected chi connectivity index (χ2v) is 7.47. The number of imidazole rings is 1. The quantitative estimate of drug-likeness (QED) is 0.352. The van der Waals surface area contributed by atoms with Gasteiger partial charge < -0.3 is 9.97 Å². The number of hydrogen-bond acceptors (Lipinski definition) is 5. The molecule has 0 saturated heterocycles. The van der Waals surface area contributed by atoms with Crippen molar-refractivity contribution in [2.75, 3.05) is 5.75 Å². The van der Waals surface area contributed by atoms with Gasteiger partial charge in [-0.15, -0.1) is 10.2 Å². The predicted octanol–water partition coefficient (Wildman–Crippen LogP) is 3.47. The number of rotatable bonds is 5. The molecule has 0 unspecified atom stereocenters. The number of para-hydroxylation sites is 2. The van der Waals surface area contributed by atoms with Crippen LogP contribution in [-0.2, 0) is 6.54 Å². The first-order valence-electron chi connectivity index (χ1n) is 8.81. The summed E-state index contributed by atoms with van der Waals surface area (Å²) in [5.74, 6) is 0.426. The van der Waals surface area contributed by atoms with Gasteiger partial charge in [0.25, 0.3) is 0 Å². The predicted molar refractivity (Wildman–Crippen MR) is 107 cm³/mol. The fraction of sp³-hybridized carbons (Fsp3) is 0.158. The summed E-state index contributed by atoms with van der Waals surface area (Å²) in [6.45, 7) is 0.608. The monoisotopic (exact) mass is 394 g/mol. The highest BCUT2D eigenvalue weighted by Crippen LogP contribution is 2.24. The minimum atomic E-state index is -0.318. The van der Waals surface area contributed by atoms with Crippen LogP contribution in [0.25, 0.3) is 33.1 Å². The Kier molecular flexibility index (Phi) is 4.09. The second kappa shape index (κ2) is 6.75. The van der Waals surface area contributed by atoms with Crippen molar-refractivity contribution in [3.8, 4) is 0 Å². The van der Waals surface area contributed by atoms with Gasteiger partial charge in [-0.1, -0.05) is 23.9 Å². The summed E-state index contributed by atoms with van der Waals surface area (Å²) in [7, 11) is 0. The molecule has 0 spiro atoms. The molecule has 28 heavy (non-hydrogen) atoms. The van der Waals surface area contributed by atoms with Crippen LogP contribution in [0, 0.1) is 5.82 Å². The minimum absolute atomic E-state index is 0.101. The third-order valence-electron chi connectivity index (χ3n) is 4.60. The molecule has 0 saturated carbocycles. The maximum Gasteiger partial charge on any atom is 0.326 e. The molecule has 7 nitrogen and oxygen atoms in total. The van der Waals surface area contributed by atoms with E-state index in [1.807, 2.05) is 24.3 Å². The van der Waals surface area contributed by atoms with Crippen molar-refractivity contribution in [1.82, 2.24) is 29.7 Å². The average molecular weight is 394 g/mol. The number of fused-ring (bicyclic) bond motifs is 4. The minimum Gasteiger partial charge on any atom is -0.338 e. The summed E-state index contributed by atoms with van der Waals surface area (Å²) in [5.41, 5.74) is 3.57. The molecule has 0 fully saturated rings.